The van der Waals surface area contributed by atoms with Crippen LogP contribution in [0.3, 0.4) is 0 Å². The van der Waals surface area contributed by atoms with E-state index in [1.807, 2.05) is 0 Å². The van der Waals surface area contributed by atoms with E-state index in [1.165, 1.54) is 96.3 Å². The number of carbonyl (C=O) groups excluding carboxylic acids is 2. The highest BCUT2D eigenvalue weighted by Crippen LogP contribution is 2.21. The average molecular weight is 763 g/mol. The van der Waals surface area contributed by atoms with Gasteiger partial charge in [-0.1, -0.05) is 154 Å². The number of aliphatic hydroxyl groups excluding tert-OH is 1. The number of allylic oxidation sites excluding steroid dienone is 4. The van der Waals surface area contributed by atoms with E-state index in [0.29, 0.717) is 26.2 Å². The number of hydrogen-bond acceptors (Lipinski definition) is 7. The van der Waals surface area contributed by atoms with Crippen molar-refractivity contribution in [3.05, 3.63) is 24.3 Å². The Labute approximate surface area is 335 Å². The quantitative estimate of drug-likeness (QED) is 0.0363. The van der Waals surface area contributed by atoms with Crippen LogP contribution in [0.2, 0.25) is 0 Å². The molecule has 0 bridgehead atoms. The largest absolute Gasteiger partial charge is 0.466 e. The minimum absolute atomic E-state index is 0.0224. The molecule has 2 atom stereocenters. The number of unbranched alkanes of at least 4 members (excludes halogenated alkanes) is 20. The summed E-state index contributed by atoms with van der Waals surface area (Å²) < 4.78 is 11.3. The van der Waals surface area contributed by atoms with Gasteiger partial charge in [0.1, 0.15) is 0 Å². The lowest BCUT2D eigenvalue weighted by molar-refractivity contribution is -0.149. The predicted molar refractivity (Wildman–Crippen MR) is 231 cm³/mol. The lowest BCUT2D eigenvalue weighted by atomic mass is 9.94. The summed E-state index contributed by atoms with van der Waals surface area (Å²) in [6.45, 7) is 10.3. The van der Waals surface area contributed by atoms with Crippen molar-refractivity contribution < 1.29 is 24.2 Å². The van der Waals surface area contributed by atoms with E-state index in [1.54, 1.807) is 0 Å². The van der Waals surface area contributed by atoms with Crippen LogP contribution < -0.4 is 5.73 Å². The number of nitrogens with zero attached hydrogens (tertiary/aromatic N) is 1. The highest BCUT2D eigenvalue weighted by atomic mass is 16.5. The number of hydrogen-bond donors (Lipinski definition) is 2. The molecule has 0 fully saturated rings. The summed E-state index contributed by atoms with van der Waals surface area (Å²) in [5.74, 6) is 0.00548. The first-order valence-electron chi connectivity index (χ1n) is 23.2. The van der Waals surface area contributed by atoms with Crippen molar-refractivity contribution in [2.45, 2.75) is 219 Å². The van der Waals surface area contributed by atoms with Crippen molar-refractivity contribution in [3.8, 4) is 0 Å². The fraction of sp³-hybridized carbons (Fsp3) is 0.872. The highest BCUT2D eigenvalue weighted by molar-refractivity contribution is 5.72. The van der Waals surface area contributed by atoms with E-state index in [0.717, 1.165) is 103 Å². The molecular formula is C47H90N2O5. The molecule has 0 amide bonds. The number of nitrogens with two attached hydrogens (primary N) is 1. The summed E-state index contributed by atoms with van der Waals surface area (Å²) >= 11 is 0. The van der Waals surface area contributed by atoms with Crippen LogP contribution in [0.15, 0.2) is 24.3 Å². The third-order valence-corrected chi connectivity index (χ3v) is 10.5. The third-order valence-electron chi connectivity index (χ3n) is 10.5. The molecule has 0 aliphatic rings. The molecule has 0 aliphatic carbocycles. The van der Waals surface area contributed by atoms with Gasteiger partial charge in [-0.25, -0.2) is 0 Å². The molecule has 0 heterocycles. The van der Waals surface area contributed by atoms with Crippen LogP contribution in [-0.2, 0) is 19.1 Å². The van der Waals surface area contributed by atoms with Gasteiger partial charge in [-0.05, 0) is 90.1 Å². The molecule has 0 spiro atoms. The van der Waals surface area contributed by atoms with Crippen LogP contribution in [0, 0.1) is 5.92 Å². The molecule has 0 aliphatic heterocycles. The van der Waals surface area contributed by atoms with E-state index in [-0.39, 0.29) is 24.4 Å². The highest BCUT2D eigenvalue weighted by Gasteiger charge is 2.19. The molecule has 0 aromatic rings. The number of aliphatic hydroxyl groups is 1. The number of ether oxygens (including phenoxy) is 2. The summed E-state index contributed by atoms with van der Waals surface area (Å²) in [5.41, 5.74) is 5.71. The minimum Gasteiger partial charge on any atom is -0.466 e. The second-order valence-corrected chi connectivity index (χ2v) is 15.8. The van der Waals surface area contributed by atoms with Gasteiger partial charge in [0, 0.05) is 19.5 Å². The van der Waals surface area contributed by atoms with Crippen molar-refractivity contribution in [1.82, 2.24) is 4.90 Å². The molecule has 7 nitrogen and oxygen atoms in total. The summed E-state index contributed by atoms with van der Waals surface area (Å²) in [4.78, 5) is 27.4. The molecule has 54 heavy (non-hydrogen) atoms. The first kappa shape index (κ1) is 52.3. The van der Waals surface area contributed by atoms with Gasteiger partial charge < -0.3 is 25.2 Å². The average Bonchev–Trinajstić information content (AvgIpc) is 3.17. The first-order chi connectivity index (χ1) is 26.5. The Morgan fingerprint density at radius 2 is 1.04 bits per heavy atom. The van der Waals surface area contributed by atoms with Gasteiger partial charge in [-0.3, -0.25) is 9.59 Å². The van der Waals surface area contributed by atoms with Crippen LogP contribution in [0.5, 0.6) is 0 Å². The summed E-state index contributed by atoms with van der Waals surface area (Å²) in [6.07, 6.45) is 42.1. The Morgan fingerprint density at radius 3 is 1.69 bits per heavy atom. The van der Waals surface area contributed by atoms with E-state index in [4.69, 9.17) is 15.2 Å². The van der Waals surface area contributed by atoms with Gasteiger partial charge in [0.2, 0.25) is 0 Å². The molecule has 0 saturated carbocycles. The lowest BCUT2D eigenvalue weighted by Crippen LogP contribution is -2.37. The standard InChI is InChI=1S/C47H90N2O5/c1-4-7-10-13-15-16-17-18-19-20-21-22-23-25-30-37-46(51)53-40-34-32-39-49(43-45(50)42-48)38-31-26-27-33-41-54-47(52)44(35-28-12-9-6-3)36-29-24-14-11-8-5-2/h15-16,18-19,44-45,50H,4-14,17,20-43,48H2,1-3H3/b16-15-,19-18-. The van der Waals surface area contributed by atoms with Gasteiger partial charge >= 0.3 is 11.9 Å². The van der Waals surface area contributed by atoms with Gasteiger partial charge in [0.15, 0.2) is 0 Å². The molecule has 0 rings (SSSR count). The van der Waals surface area contributed by atoms with Gasteiger partial charge in [0.25, 0.3) is 0 Å². The van der Waals surface area contributed by atoms with Gasteiger partial charge in [-0.15, -0.1) is 0 Å². The Morgan fingerprint density at radius 1 is 0.574 bits per heavy atom. The van der Waals surface area contributed by atoms with Crippen molar-refractivity contribution >= 4 is 11.9 Å². The molecule has 0 saturated heterocycles. The predicted octanol–water partition coefficient (Wildman–Crippen LogP) is 12.2. The molecule has 2 unspecified atom stereocenters. The smallest absolute Gasteiger partial charge is 0.308 e. The zero-order valence-corrected chi connectivity index (χ0v) is 36.0. The third kappa shape index (κ3) is 37.2. The molecule has 0 radical (unpaired) electrons. The minimum atomic E-state index is -0.530. The summed E-state index contributed by atoms with van der Waals surface area (Å²) in [7, 11) is 0. The van der Waals surface area contributed by atoms with Crippen LogP contribution in [-0.4, -0.2) is 67.4 Å². The molecule has 0 aromatic heterocycles. The topological polar surface area (TPSA) is 102 Å². The Bertz CT molecular complexity index is 863. The monoisotopic (exact) mass is 763 g/mol. The zero-order chi connectivity index (χ0) is 39.6. The maximum atomic E-state index is 12.9. The SMILES string of the molecule is CCCCC/C=C\C/C=C\CCCCCCCC(=O)OCCCCN(CCCCCCOC(=O)C(CCCCCC)CCCCCCCC)CC(O)CN. The molecule has 318 valence electrons. The van der Waals surface area contributed by atoms with E-state index < -0.39 is 6.10 Å². The first-order valence-corrected chi connectivity index (χ1v) is 23.2. The maximum Gasteiger partial charge on any atom is 0.308 e. The maximum absolute atomic E-state index is 12.9. The van der Waals surface area contributed by atoms with Crippen LogP contribution in [0.25, 0.3) is 0 Å². The van der Waals surface area contributed by atoms with Crippen molar-refractivity contribution in [2.75, 3.05) is 39.4 Å². The van der Waals surface area contributed by atoms with Crippen molar-refractivity contribution in [3.63, 3.8) is 0 Å². The van der Waals surface area contributed by atoms with Gasteiger partial charge in [0.05, 0.1) is 25.2 Å². The lowest BCUT2D eigenvalue weighted by Gasteiger charge is -2.24. The zero-order valence-electron chi connectivity index (χ0n) is 36.0. The summed E-state index contributed by atoms with van der Waals surface area (Å²) in [5, 5.41) is 10.2. The van der Waals surface area contributed by atoms with Crippen LogP contribution in [0.1, 0.15) is 213 Å². The van der Waals surface area contributed by atoms with Crippen molar-refractivity contribution in [1.29, 1.82) is 0 Å². The Balaban J connectivity index is 4.07. The van der Waals surface area contributed by atoms with Crippen LogP contribution >= 0.6 is 0 Å². The second-order valence-electron chi connectivity index (χ2n) is 15.8. The van der Waals surface area contributed by atoms with Gasteiger partial charge in [-0.2, -0.15) is 0 Å². The number of esters is 2. The van der Waals surface area contributed by atoms with E-state index >= 15 is 0 Å². The normalized spacial score (nSPS) is 13.0. The second kappa shape index (κ2) is 42.4. The fourth-order valence-electron chi connectivity index (χ4n) is 6.89. The Hall–Kier alpha value is -1.70. The fourth-order valence-corrected chi connectivity index (χ4v) is 6.89. The Kier molecular flexibility index (Phi) is 41.1. The molecule has 3 N–H and O–H groups in total. The molecule has 7 heteroatoms. The molecule has 0 aromatic carbocycles. The van der Waals surface area contributed by atoms with Crippen LogP contribution in [0.4, 0.5) is 0 Å². The van der Waals surface area contributed by atoms with E-state index in [9.17, 15) is 14.7 Å². The van der Waals surface area contributed by atoms with Crippen molar-refractivity contribution in [2.24, 2.45) is 11.7 Å². The van der Waals surface area contributed by atoms with E-state index in [2.05, 4.69) is 50.0 Å². The summed E-state index contributed by atoms with van der Waals surface area (Å²) in [6, 6.07) is 0. The number of rotatable bonds is 42. The number of carbonyl (C=O) groups is 2. The molecular weight excluding hydrogens is 673 g/mol.